The van der Waals surface area contributed by atoms with Crippen molar-refractivity contribution in [3.63, 3.8) is 0 Å². The van der Waals surface area contributed by atoms with Crippen LogP contribution in [0.25, 0.3) is 0 Å². The zero-order valence-electron chi connectivity index (χ0n) is 21.9. The van der Waals surface area contributed by atoms with Crippen molar-refractivity contribution in [1.82, 2.24) is 20.0 Å². The number of urea groups is 1. The van der Waals surface area contributed by atoms with E-state index < -0.39 is 6.04 Å². The standard InChI is InChI=1S/C30H42N4O2/c1-24(2)23-27(31-30(36)34-17-11-3-4-12-18-34)29(35)33-21-19-32(20-22-33)28(25-13-7-5-8-14-25)26-15-9-6-10-16-26/h5-10,13-16,24,27-28H,3-4,11-12,17-23H2,1-2H3,(H,31,36). The fourth-order valence-electron chi connectivity index (χ4n) is 5.51. The Kier molecular flexibility index (Phi) is 9.40. The molecule has 0 saturated carbocycles. The topological polar surface area (TPSA) is 55.9 Å². The summed E-state index contributed by atoms with van der Waals surface area (Å²) in [5.41, 5.74) is 2.54. The summed E-state index contributed by atoms with van der Waals surface area (Å²) in [4.78, 5) is 33.0. The first kappa shape index (κ1) is 26.2. The zero-order valence-corrected chi connectivity index (χ0v) is 21.9. The summed E-state index contributed by atoms with van der Waals surface area (Å²) in [6.07, 6.45) is 5.10. The largest absolute Gasteiger partial charge is 0.338 e. The van der Waals surface area contributed by atoms with Gasteiger partial charge in [0.15, 0.2) is 0 Å². The Morgan fingerprint density at radius 2 is 1.25 bits per heavy atom. The summed E-state index contributed by atoms with van der Waals surface area (Å²) in [6, 6.07) is 20.8. The van der Waals surface area contributed by atoms with E-state index in [2.05, 4.69) is 84.7 Å². The molecule has 6 nitrogen and oxygen atoms in total. The first-order chi connectivity index (χ1) is 17.5. The van der Waals surface area contributed by atoms with Crippen molar-refractivity contribution in [2.24, 2.45) is 5.92 Å². The van der Waals surface area contributed by atoms with Gasteiger partial charge in [-0.15, -0.1) is 0 Å². The number of hydrogen-bond acceptors (Lipinski definition) is 3. The molecular weight excluding hydrogens is 448 g/mol. The zero-order chi connectivity index (χ0) is 25.3. The highest BCUT2D eigenvalue weighted by Gasteiger charge is 2.32. The number of benzene rings is 2. The van der Waals surface area contributed by atoms with Crippen LogP contribution in [0.5, 0.6) is 0 Å². The van der Waals surface area contributed by atoms with E-state index in [4.69, 9.17) is 0 Å². The van der Waals surface area contributed by atoms with Gasteiger partial charge >= 0.3 is 6.03 Å². The summed E-state index contributed by atoms with van der Waals surface area (Å²) >= 11 is 0. The minimum Gasteiger partial charge on any atom is -0.338 e. The SMILES string of the molecule is CC(C)CC(NC(=O)N1CCCCCC1)C(=O)N1CCN(C(c2ccccc2)c2ccccc2)CC1. The van der Waals surface area contributed by atoms with Crippen LogP contribution in [0.3, 0.4) is 0 Å². The van der Waals surface area contributed by atoms with Crippen molar-refractivity contribution in [3.8, 4) is 0 Å². The van der Waals surface area contributed by atoms with Crippen LogP contribution in [0.4, 0.5) is 4.79 Å². The Hall–Kier alpha value is -2.86. The van der Waals surface area contributed by atoms with E-state index in [1.807, 2.05) is 9.80 Å². The van der Waals surface area contributed by atoms with E-state index in [1.54, 1.807) is 0 Å². The molecule has 3 amide bonds. The van der Waals surface area contributed by atoms with E-state index >= 15 is 0 Å². The average Bonchev–Trinajstić information content (AvgIpc) is 3.19. The third-order valence-corrected chi connectivity index (χ3v) is 7.42. The highest BCUT2D eigenvalue weighted by Crippen LogP contribution is 2.29. The molecule has 2 aromatic carbocycles. The number of carbonyl (C=O) groups is 2. The van der Waals surface area contributed by atoms with Gasteiger partial charge in [0.05, 0.1) is 6.04 Å². The first-order valence-corrected chi connectivity index (χ1v) is 13.7. The first-order valence-electron chi connectivity index (χ1n) is 13.7. The molecule has 0 aliphatic carbocycles. The molecule has 1 unspecified atom stereocenters. The second kappa shape index (κ2) is 12.9. The highest BCUT2D eigenvalue weighted by atomic mass is 16.2. The monoisotopic (exact) mass is 490 g/mol. The molecule has 194 valence electrons. The molecule has 1 N–H and O–H groups in total. The van der Waals surface area contributed by atoms with Gasteiger partial charge in [-0.1, -0.05) is 87.4 Å². The second-order valence-corrected chi connectivity index (χ2v) is 10.6. The van der Waals surface area contributed by atoms with Gasteiger partial charge in [-0.25, -0.2) is 4.79 Å². The summed E-state index contributed by atoms with van der Waals surface area (Å²) in [5.74, 6) is 0.382. The molecule has 2 aliphatic rings. The Bertz CT molecular complexity index is 910. The van der Waals surface area contributed by atoms with Gasteiger partial charge in [0.25, 0.3) is 0 Å². The van der Waals surface area contributed by atoms with Crippen LogP contribution < -0.4 is 5.32 Å². The molecule has 4 rings (SSSR count). The van der Waals surface area contributed by atoms with Gasteiger partial charge in [0.2, 0.25) is 5.91 Å². The molecule has 6 heteroatoms. The van der Waals surface area contributed by atoms with Crippen molar-refractivity contribution in [2.45, 2.75) is 58.0 Å². The predicted molar refractivity (Wildman–Crippen MR) is 145 cm³/mol. The number of nitrogens with zero attached hydrogens (tertiary/aromatic N) is 3. The van der Waals surface area contributed by atoms with Crippen molar-refractivity contribution < 1.29 is 9.59 Å². The van der Waals surface area contributed by atoms with Crippen LogP contribution in [-0.4, -0.2) is 71.9 Å². The molecule has 0 spiro atoms. The molecule has 2 heterocycles. The molecule has 0 aromatic heterocycles. The van der Waals surface area contributed by atoms with Gasteiger partial charge in [0.1, 0.15) is 6.04 Å². The van der Waals surface area contributed by atoms with Gasteiger partial charge in [-0.05, 0) is 36.3 Å². The van der Waals surface area contributed by atoms with Crippen molar-refractivity contribution in [3.05, 3.63) is 71.8 Å². The third kappa shape index (κ3) is 6.88. The van der Waals surface area contributed by atoms with E-state index in [-0.39, 0.29) is 18.0 Å². The third-order valence-electron chi connectivity index (χ3n) is 7.42. The summed E-state index contributed by atoms with van der Waals surface area (Å²) < 4.78 is 0. The molecule has 2 fully saturated rings. The van der Waals surface area contributed by atoms with Crippen LogP contribution >= 0.6 is 0 Å². The highest BCUT2D eigenvalue weighted by molar-refractivity contribution is 5.87. The normalized spacial score (nSPS) is 18.2. The average molecular weight is 491 g/mol. The molecule has 36 heavy (non-hydrogen) atoms. The molecular formula is C30H42N4O2. The smallest absolute Gasteiger partial charge is 0.318 e. The second-order valence-electron chi connectivity index (χ2n) is 10.6. The number of amides is 3. The maximum atomic E-state index is 13.6. The van der Waals surface area contributed by atoms with Crippen molar-refractivity contribution in [2.75, 3.05) is 39.3 Å². The van der Waals surface area contributed by atoms with E-state index in [0.29, 0.717) is 25.4 Å². The van der Waals surface area contributed by atoms with Gasteiger partial charge in [-0.3, -0.25) is 9.69 Å². The van der Waals surface area contributed by atoms with Crippen LogP contribution in [-0.2, 0) is 4.79 Å². The lowest BCUT2D eigenvalue weighted by molar-refractivity contribution is -0.135. The molecule has 0 radical (unpaired) electrons. The molecule has 1 atom stereocenters. The number of carbonyl (C=O) groups excluding carboxylic acids is 2. The van der Waals surface area contributed by atoms with Crippen LogP contribution in [0.15, 0.2) is 60.7 Å². The Morgan fingerprint density at radius 1 is 0.722 bits per heavy atom. The van der Waals surface area contributed by atoms with E-state index in [1.165, 1.54) is 24.0 Å². The minimum atomic E-state index is -0.466. The molecule has 0 bridgehead atoms. The van der Waals surface area contributed by atoms with Crippen molar-refractivity contribution >= 4 is 11.9 Å². The summed E-state index contributed by atoms with van der Waals surface area (Å²) in [7, 11) is 0. The van der Waals surface area contributed by atoms with Crippen LogP contribution in [0, 0.1) is 5.92 Å². The quantitative estimate of drug-likeness (QED) is 0.599. The molecule has 2 saturated heterocycles. The minimum absolute atomic E-state index is 0.0579. The number of hydrogen-bond donors (Lipinski definition) is 1. The fraction of sp³-hybridized carbons (Fsp3) is 0.533. The lowest BCUT2D eigenvalue weighted by Gasteiger charge is -2.41. The Morgan fingerprint density at radius 3 is 1.75 bits per heavy atom. The fourth-order valence-corrected chi connectivity index (χ4v) is 5.51. The van der Waals surface area contributed by atoms with Crippen LogP contribution in [0.1, 0.15) is 63.1 Å². The molecule has 2 aliphatic heterocycles. The predicted octanol–water partition coefficient (Wildman–Crippen LogP) is 4.92. The van der Waals surface area contributed by atoms with Gasteiger partial charge in [0, 0.05) is 39.3 Å². The molecule has 2 aromatic rings. The Balaban J connectivity index is 1.42. The van der Waals surface area contributed by atoms with E-state index in [0.717, 1.165) is 39.0 Å². The number of nitrogens with one attached hydrogen (secondary N) is 1. The number of rotatable bonds is 7. The van der Waals surface area contributed by atoms with Crippen molar-refractivity contribution in [1.29, 1.82) is 0 Å². The maximum Gasteiger partial charge on any atom is 0.318 e. The van der Waals surface area contributed by atoms with Crippen LogP contribution in [0.2, 0.25) is 0 Å². The number of likely N-dealkylation sites (tertiary alicyclic amines) is 1. The lowest BCUT2D eigenvalue weighted by atomic mass is 9.96. The lowest BCUT2D eigenvalue weighted by Crippen LogP contribution is -2.57. The summed E-state index contributed by atoms with van der Waals surface area (Å²) in [5, 5.41) is 3.11. The summed E-state index contributed by atoms with van der Waals surface area (Å²) in [6.45, 7) is 8.73. The van der Waals surface area contributed by atoms with Gasteiger partial charge < -0.3 is 15.1 Å². The van der Waals surface area contributed by atoms with E-state index in [9.17, 15) is 9.59 Å². The maximum absolute atomic E-state index is 13.6. The van der Waals surface area contributed by atoms with Gasteiger partial charge in [-0.2, -0.15) is 0 Å². The Labute approximate surface area is 216 Å². The number of piperazine rings is 1.